The number of hydrogen-bond donors (Lipinski definition) is 1. The number of nitrogens with one attached hydrogen (secondary N) is 1. The zero-order chi connectivity index (χ0) is 21.6. The fraction of sp³-hybridized carbons (Fsp3) is 0.409. The highest BCUT2D eigenvalue weighted by atomic mass is 32.2. The molecular weight excluding hydrogens is 388 g/mol. The van der Waals surface area contributed by atoms with Crippen molar-refractivity contribution in [1.82, 2.24) is 5.32 Å². The van der Waals surface area contributed by atoms with Gasteiger partial charge in [-0.25, -0.2) is 8.42 Å². The van der Waals surface area contributed by atoms with E-state index in [0.29, 0.717) is 18.0 Å². The largest absolute Gasteiger partial charge is 0.481 e. The van der Waals surface area contributed by atoms with Crippen LogP contribution in [0.4, 0.5) is 5.69 Å². The molecular formula is C22H30N2O4S. The Morgan fingerprint density at radius 3 is 2.28 bits per heavy atom. The summed E-state index contributed by atoms with van der Waals surface area (Å²) in [4.78, 5) is 12.5. The van der Waals surface area contributed by atoms with E-state index >= 15 is 0 Å². The molecule has 1 atom stereocenters. The molecule has 2 aromatic carbocycles. The molecule has 2 rings (SSSR count). The van der Waals surface area contributed by atoms with E-state index in [-0.39, 0.29) is 5.91 Å². The SMILES string of the molecule is CCc1ccc(CC)c(CNC(=O)[C@H](C)Oc2ccc(N(C)S(C)(=O)=O)cc2)c1. The predicted octanol–water partition coefficient (Wildman–Crippen LogP) is 3.29. The number of sulfonamides is 1. The minimum absolute atomic E-state index is 0.203. The summed E-state index contributed by atoms with van der Waals surface area (Å²) in [5, 5.41) is 2.94. The molecule has 0 fully saturated rings. The highest BCUT2D eigenvalue weighted by molar-refractivity contribution is 7.92. The smallest absolute Gasteiger partial charge is 0.261 e. The second kappa shape index (κ2) is 9.78. The summed E-state index contributed by atoms with van der Waals surface area (Å²) >= 11 is 0. The third kappa shape index (κ3) is 6.22. The third-order valence-electron chi connectivity index (χ3n) is 4.89. The van der Waals surface area contributed by atoms with Gasteiger partial charge in [0.2, 0.25) is 10.0 Å². The van der Waals surface area contributed by atoms with Crippen molar-refractivity contribution >= 4 is 21.6 Å². The van der Waals surface area contributed by atoms with E-state index in [9.17, 15) is 13.2 Å². The number of anilines is 1. The molecule has 0 aromatic heterocycles. The van der Waals surface area contributed by atoms with Gasteiger partial charge in [0.1, 0.15) is 5.75 Å². The first-order valence-corrected chi connectivity index (χ1v) is 11.6. The fourth-order valence-electron chi connectivity index (χ4n) is 2.92. The van der Waals surface area contributed by atoms with E-state index < -0.39 is 16.1 Å². The third-order valence-corrected chi connectivity index (χ3v) is 6.10. The molecule has 1 N–H and O–H groups in total. The number of rotatable bonds is 9. The number of nitrogens with zero attached hydrogens (tertiary/aromatic N) is 1. The maximum Gasteiger partial charge on any atom is 0.261 e. The van der Waals surface area contributed by atoms with E-state index in [1.165, 1.54) is 22.5 Å². The molecule has 0 bridgehead atoms. The van der Waals surface area contributed by atoms with Crippen molar-refractivity contribution in [3.05, 3.63) is 59.2 Å². The van der Waals surface area contributed by atoms with Gasteiger partial charge in [0.25, 0.3) is 5.91 Å². The number of ether oxygens (including phenoxy) is 1. The lowest BCUT2D eigenvalue weighted by molar-refractivity contribution is -0.127. The van der Waals surface area contributed by atoms with Crippen molar-refractivity contribution in [2.24, 2.45) is 0 Å². The van der Waals surface area contributed by atoms with Gasteiger partial charge in [-0.3, -0.25) is 9.10 Å². The predicted molar refractivity (Wildman–Crippen MR) is 117 cm³/mol. The molecule has 0 aliphatic heterocycles. The number of aryl methyl sites for hydroxylation is 2. The average molecular weight is 419 g/mol. The molecule has 6 nitrogen and oxygen atoms in total. The van der Waals surface area contributed by atoms with Crippen LogP contribution < -0.4 is 14.4 Å². The lowest BCUT2D eigenvalue weighted by atomic mass is 10.0. The van der Waals surface area contributed by atoms with Crippen LogP contribution in [0.25, 0.3) is 0 Å². The van der Waals surface area contributed by atoms with E-state index in [2.05, 4.69) is 37.4 Å². The summed E-state index contributed by atoms with van der Waals surface area (Å²) in [7, 11) is -1.84. The van der Waals surface area contributed by atoms with Gasteiger partial charge in [0.15, 0.2) is 6.10 Å². The van der Waals surface area contributed by atoms with E-state index in [0.717, 1.165) is 24.7 Å². The van der Waals surface area contributed by atoms with Crippen LogP contribution in [-0.2, 0) is 34.2 Å². The van der Waals surface area contributed by atoms with Crippen molar-refractivity contribution in [2.75, 3.05) is 17.6 Å². The molecule has 0 radical (unpaired) electrons. The van der Waals surface area contributed by atoms with Crippen LogP contribution in [0, 0.1) is 0 Å². The maximum atomic E-state index is 12.5. The molecule has 0 aliphatic rings. The maximum absolute atomic E-state index is 12.5. The fourth-order valence-corrected chi connectivity index (χ4v) is 3.42. The first kappa shape index (κ1) is 22.7. The Hall–Kier alpha value is -2.54. The Bertz CT molecular complexity index is 940. The molecule has 29 heavy (non-hydrogen) atoms. The first-order chi connectivity index (χ1) is 13.7. The molecule has 0 aliphatic carbocycles. The lowest BCUT2D eigenvalue weighted by Gasteiger charge is -2.18. The number of benzene rings is 2. The van der Waals surface area contributed by atoms with Crippen LogP contribution in [0.1, 0.15) is 37.5 Å². The Balaban J connectivity index is 1.97. The van der Waals surface area contributed by atoms with E-state index in [1.807, 2.05) is 0 Å². The number of hydrogen-bond acceptors (Lipinski definition) is 4. The van der Waals surface area contributed by atoms with E-state index in [4.69, 9.17) is 4.74 Å². The molecule has 0 spiro atoms. The molecule has 1 amide bonds. The zero-order valence-electron chi connectivity index (χ0n) is 17.7. The van der Waals surface area contributed by atoms with Gasteiger partial charge in [0, 0.05) is 13.6 Å². The van der Waals surface area contributed by atoms with Crippen molar-refractivity contribution in [1.29, 1.82) is 0 Å². The second-order valence-corrected chi connectivity index (χ2v) is 9.03. The summed E-state index contributed by atoms with van der Waals surface area (Å²) in [5.41, 5.74) is 4.12. The minimum Gasteiger partial charge on any atom is -0.481 e. The lowest BCUT2D eigenvalue weighted by Crippen LogP contribution is -2.36. The van der Waals surface area contributed by atoms with Crippen LogP contribution in [0.2, 0.25) is 0 Å². The average Bonchev–Trinajstić information content (AvgIpc) is 2.70. The quantitative estimate of drug-likeness (QED) is 0.678. The van der Waals surface area contributed by atoms with Gasteiger partial charge in [0.05, 0.1) is 11.9 Å². The number of carbonyl (C=O) groups is 1. The Morgan fingerprint density at radius 2 is 1.72 bits per heavy atom. The first-order valence-electron chi connectivity index (χ1n) is 9.74. The molecule has 0 saturated carbocycles. The summed E-state index contributed by atoms with van der Waals surface area (Å²) in [5.74, 6) is 0.298. The summed E-state index contributed by atoms with van der Waals surface area (Å²) in [6.07, 6.45) is 2.34. The summed E-state index contributed by atoms with van der Waals surface area (Å²) in [6, 6.07) is 13.0. The van der Waals surface area contributed by atoms with Gasteiger partial charge in [-0.05, 0) is 60.7 Å². The summed E-state index contributed by atoms with van der Waals surface area (Å²) < 4.78 is 30.1. The molecule has 0 unspecified atom stereocenters. The zero-order valence-corrected chi connectivity index (χ0v) is 18.5. The van der Waals surface area contributed by atoms with Crippen LogP contribution in [0.3, 0.4) is 0 Å². The summed E-state index contributed by atoms with van der Waals surface area (Å²) in [6.45, 7) is 6.36. The van der Waals surface area contributed by atoms with Crippen molar-refractivity contribution in [3.63, 3.8) is 0 Å². The second-order valence-electron chi connectivity index (χ2n) is 7.01. The van der Waals surface area contributed by atoms with Crippen molar-refractivity contribution < 1.29 is 17.9 Å². The number of amides is 1. The Morgan fingerprint density at radius 1 is 1.07 bits per heavy atom. The van der Waals surface area contributed by atoms with Gasteiger partial charge in [-0.2, -0.15) is 0 Å². The van der Waals surface area contributed by atoms with Gasteiger partial charge in [-0.15, -0.1) is 0 Å². The molecule has 2 aromatic rings. The highest BCUT2D eigenvalue weighted by Gasteiger charge is 2.16. The molecule has 0 saturated heterocycles. The van der Waals surface area contributed by atoms with Gasteiger partial charge < -0.3 is 10.1 Å². The highest BCUT2D eigenvalue weighted by Crippen LogP contribution is 2.21. The van der Waals surface area contributed by atoms with Gasteiger partial charge >= 0.3 is 0 Å². The van der Waals surface area contributed by atoms with Crippen LogP contribution in [0.5, 0.6) is 5.75 Å². The minimum atomic E-state index is -3.32. The Kier molecular flexibility index (Phi) is 7.67. The van der Waals surface area contributed by atoms with E-state index in [1.54, 1.807) is 31.2 Å². The molecule has 0 heterocycles. The van der Waals surface area contributed by atoms with Gasteiger partial charge in [-0.1, -0.05) is 32.0 Å². The van der Waals surface area contributed by atoms with Crippen LogP contribution in [0.15, 0.2) is 42.5 Å². The number of carbonyl (C=O) groups excluding carboxylic acids is 1. The van der Waals surface area contributed by atoms with Crippen LogP contribution in [-0.4, -0.2) is 33.7 Å². The normalized spacial score (nSPS) is 12.3. The van der Waals surface area contributed by atoms with Crippen molar-refractivity contribution in [3.8, 4) is 5.75 Å². The molecule has 7 heteroatoms. The van der Waals surface area contributed by atoms with Crippen LogP contribution >= 0.6 is 0 Å². The van der Waals surface area contributed by atoms with Crippen molar-refractivity contribution in [2.45, 2.75) is 46.3 Å². The topological polar surface area (TPSA) is 75.7 Å². The standard InChI is InChI=1S/C22H30N2O4S/c1-6-17-8-9-18(7-2)19(14-17)15-23-22(25)16(3)28-21-12-10-20(11-13-21)24(4)29(5,26)27/h8-14,16H,6-7,15H2,1-5H3,(H,23,25)/t16-/m0/s1. The monoisotopic (exact) mass is 418 g/mol. The molecule has 158 valence electrons. The Labute approximate surface area is 173 Å².